The Kier molecular flexibility index (Phi) is 3.70. The van der Waals surface area contributed by atoms with Gasteiger partial charge in [0.05, 0.1) is 0 Å². The summed E-state index contributed by atoms with van der Waals surface area (Å²) in [5.74, 6) is -1.11. The van der Waals surface area contributed by atoms with Crippen molar-refractivity contribution in [2.45, 2.75) is 12.8 Å². The Morgan fingerprint density at radius 2 is 2.00 bits per heavy atom. The Morgan fingerprint density at radius 1 is 1.38 bits per heavy atom. The van der Waals surface area contributed by atoms with Crippen molar-refractivity contribution in [3.8, 4) is 0 Å². The number of carbonyl (C=O) groups is 2. The summed E-state index contributed by atoms with van der Waals surface area (Å²) in [6, 6.07) is 0. The summed E-state index contributed by atoms with van der Waals surface area (Å²) in [6.45, 7) is 2.53. The number of carbonyl (C=O) groups excluding carboxylic acids is 2. The van der Waals surface area contributed by atoms with Crippen LogP contribution in [0.15, 0.2) is 0 Å². The summed E-state index contributed by atoms with van der Waals surface area (Å²) >= 11 is 0. The molecule has 74 valence electrons. The molecular formula is C8H15N3O2. The van der Waals surface area contributed by atoms with E-state index in [2.05, 4.69) is 10.6 Å². The minimum Gasteiger partial charge on any atom is -0.361 e. The molecule has 0 aliphatic carbocycles. The summed E-state index contributed by atoms with van der Waals surface area (Å²) in [5.41, 5.74) is 4.79. The molecule has 0 spiro atoms. The molecule has 0 bridgehead atoms. The number of amides is 2. The van der Waals surface area contributed by atoms with Crippen molar-refractivity contribution in [1.82, 2.24) is 10.6 Å². The van der Waals surface area contributed by atoms with Crippen LogP contribution in [-0.2, 0) is 9.59 Å². The molecule has 13 heavy (non-hydrogen) atoms. The molecule has 0 unspecified atom stereocenters. The van der Waals surface area contributed by atoms with Crippen molar-refractivity contribution >= 4 is 11.8 Å². The third-order valence-corrected chi connectivity index (χ3v) is 2.23. The first-order valence-electron chi connectivity index (χ1n) is 4.48. The predicted molar refractivity (Wildman–Crippen MR) is 47.8 cm³/mol. The lowest BCUT2D eigenvalue weighted by Crippen LogP contribution is -2.41. The van der Waals surface area contributed by atoms with Crippen LogP contribution in [0.4, 0.5) is 0 Å². The molecule has 5 heteroatoms. The van der Waals surface area contributed by atoms with E-state index < -0.39 is 11.8 Å². The smallest absolute Gasteiger partial charge is 0.309 e. The van der Waals surface area contributed by atoms with Gasteiger partial charge < -0.3 is 16.4 Å². The minimum absolute atomic E-state index is 0.476. The van der Waals surface area contributed by atoms with Crippen LogP contribution in [0.5, 0.6) is 0 Å². The minimum atomic E-state index is -0.908. The Morgan fingerprint density at radius 3 is 2.54 bits per heavy atom. The summed E-state index contributed by atoms with van der Waals surface area (Å²) in [6.07, 6.45) is 2.08. The topological polar surface area (TPSA) is 84.2 Å². The van der Waals surface area contributed by atoms with E-state index in [1.165, 1.54) is 0 Å². The van der Waals surface area contributed by atoms with E-state index in [4.69, 9.17) is 5.73 Å². The van der Waals surface area contributed by atoms with Gasteiger partial charge in [0, 0.05) is 6.54 Å². The quantitative estimate of drug-likeness (QED) is 0.462. The molecule has 0 aromatic heterocycles. The van der Waals surface area contributed by atoms with Gasteiger partial charge in [0.2, 0.25) is 0 Å². The number of piperidine rings is 1. The third-order valence-electron chi connectivity index (χ3n) is 2.23. The summed E-state index contributed by atoms with van der Waals surface area (Å²) in [7, 11) is 0. The first-order valence-corrected chi connectivity index (χ1v) is 4.48. The van der Waals surface area contributed by atoms with Crippen molar-refractivity contribution in [3.63, 3.8) is 0 Å². The van der Waals surface area contributed by atoms with E-state index in [0.717, 1.165) is 25.9 Å². The van der Waals surface area contributed by atoms with Gasteiger partial charge in [-0.15, -0.1) is 0 Å². The van der Waals surface area contributed by atoms with E-state index in [1.54, 1.807) is 0 Å². The van der Waals surface area contributed by atoms with Crippen molar-refractivity contribution in [2.75, 3.05) is 19.6 Å². The van der Waals surface area contributed by atoms with E-state index in [0.29, 0.717) is 12.5 Å². The van der Waals surface area contributed by atoms with Crippen LogP contribution < -0.4 is 16.4 Å². The molecule has 1 saturated heterocycles. The first kappa shape index (κ1) is 9.98. The molecular weight excluding hydrogens is 170 g/mol. The fourth-order valence-electron chi connectivity index (χ4n) is 1.41. The largest absolute Gasteiger partial charge is 0.361 e. The molecule has 0 atom stereocenters. The van der Waals surface area contributed by atoms with Gasteiger partial charge in [0.25, 0.3) is 0 Å². The molecule has 0 radical (unpaired) electrons. The second-order valence-electron chi connectivity index (χ2n) is 3.27. The molecule has 4 N–H and O–H groups in total. The van der Waals surface area contributed by atoms with Crippen LogP contribution in [0.2, 0.25) is 0 Å². The Balaban J connectivity index is 2.17. The van der Waals surface area contributed by atoms with Crippen LogP contribution in [0.25, 0.3) is 0 Å². The van der Waals surface area contributed by atoms with Crippen LogP contribution in [0.3, 0.4) is 0 Å². The number of primary amides is 1. The maximum Gasteiger partial charge on any atom is 0.309 e. The summed E-state index contributed by atoms with van der Waals surface area (Å²) in [5, 5.41) is 5.73. The number of rotatable bonds is 2. The zero-order valence-corrected chi connectivity index (χ0v) is 7.51. The van der Waals surface area contributed by atoms with Gasteiger partial charge in [0.1, 0.15) is 0 Å². The van der Waals surface area contributed by atoms with E-state index >= 15 is 0 Å². The van der Waals surface area contributed by atoms with Gasteiger partial charge in [-0.1, -0.05) is 0 Å². The second kappa shape index (κ2) is 4.81. The highest BCUT2D eigenvalue weighted by atomic mass is 16.2. The average molecular weight is 185 g/mol. The van der Waals surface area contributed by atoms with E-state index in [-0.39, 0.29) is 0 Å². The van der Waals surface area contributed by atoms with Crippen LogP contribution in [-0.4, -0.2) is 31.4 Å². The molecule has 1 heterocycles. The van der Waals surface area contributed by atoms with E-state index in [1.807, 2.05) is 0 Å². The number of nitrogens with one attached hydrogen (secondary N) is 2. The van der Waals surface area contributed by atoms with Crippen molar-refractivity contribution in [3.05, 3.63) is 0 Å². The van der Waals surface area contributed by atoms with Crippen LogP contribution >= 0.6 is 0 Å². The van der Waals surface area contributed by atoms with Gasteiger partial charge >= 0.3 is 11.8 Å². The fourth-order valence-corrected chi connectivity index (χ4v) is 1.41. The van der Waals surface area contributed by atoms with Gasteiger partial charge in [-0.25, -0.2) is 0 Å². The predicted octanol–water partition coefficient (Wildman–Crippen LogP) is -1.41. The molecule has 0 aromatic carbocycles. The molecule has 1 rings (SSSR count). The van der Waals surface area contributed by atoms with Crippen LogP contribution in [0, 0.1) is 5.92 Å². The Labute approximate surface area is 77.1 Å². The van der Waals surface area contributed by atoms with Gasteiger partial charge in [0.15, 0.2) is 0 Å². The highest BCUT2D eigenvalue weighted by Crippen LogP contribution is 2.09. The zero-order chi connectivity index (χ0) is 9.68. The highest BCUT2D eigenvalue weighted by Gasteiger charge is 2.15. The lowest BCUT2D eigenvalue weighted by molar-refractivity contribution is -0.137. The molecule has 0 aromatic rings. The normalized spacial score (nSPS) is 18.2. The molecule has 0 saturated carbocycles. The number of nitrogens with two attached hydrogens (primary N) is 1. The molecule has 1 aliphatic rings. The highest BCUT2D eigenvalue weighted by molar-refractivity contribution is 6.34. The second-order valence-corrected chi connectivity index (χ2v) is 3.27. The Hall–Kier alpha value is -1.10. The average Bonchev–Trinajstić information content (AvgIpc) is 2.15. The maximum absolute atomic E-state index is 10.8. The van der Waals surface area contributed by atoms with E-state index in [9.17, 15) is 9.59 Å². The summed E-state index contributed by atoms with van der Waals surface area (Å²) < 4.78 is 0. The molecule has 1 aliphatic heterocycles. The maximum atomic E-state index is 10.8. The molecule has 2 amide bonds. The monoisotopic (exact) mass is 185 g/mol. The lowest BCUT2D eigenvalue weighted by atomic mass is 9.98. The summed E-state index contributed by atoms with van der Waals surface area (Å²) in [4.78, 5) is 21.2. The fraction of sp³-hybridized carbons (Fsp3) is 0.750. The molecule has 5 nitrogen and oxygen atoms in total. The van der Waals surface area contributed by atoms with Crippen molar-refractivity contribution in [2.24, 2.45) is 11.7 Å². The SMILES string of the molecule is NC(=O)C(=O)NCC1CCNCC1. The third kappa shape index (κ3) is 3.42. The van der Waals surface area contributed by atoms with Crippen LogP contribution in [0.1, 0.15) is 12.8 Å². The van der Waals surface area contributed by atoms with Crippen molar-refractivity contribution < 1.29 is 9.59 Å². The van der Waals surface area contributed by atoms with Gasteiger partial charge in [-0.3, -0.25) is 9.59 Å². The zero-order valence-electron chi connectivity index (χ0n) is 7.51. The number of hydrogen-bond donors (Lipinski definition) is 3. The Bertz CT molecular complexity index is 200. The standard InChI is InChI=1S/C8H15N3O2/c9-7(12)8(13)11-5-6-1-3-10-4-2-6/h6,10H,1-5H2,(H2,9,12)(H,11,13). The molecule has 1 fully saturated rings. The van der Waals surface area contributed by atoms with Crippen molar-refractivity contribution in [1.29, 1.82) is 0 Å². The lowest BCUT2D eigenvalue weighted by Gasteiger charge is -2.22. The first-order chi connectivity index (χ1) is 6.20. The number of hydrogen-bond acceptors (Lipinski definition) is 3. The van der Waals surface area contributed by atoms with Gasteiger partial charge in [-0.2, -0.15) is 0 Å². The van der Waals surface area contributed by atoms with Gasteiger partial charge in [-0.05, 0) is 31.8 Å².